The van der Waals surface area contributed by atoms with Crippen molar-refractivity contribution in [1.29, 1.82) is 0 Å². The summed E-state index contributed by atoms with van der Waals surface area (Å²) in [6.07, 6.45) is 0. The van der Waals surface area contributed by atoms with E-state index in [0.717, 1.165) is 0 Å². The van der Waals surface area contributed by atoms with Crippen LogP contribution in [0.4, 0.5) is 0 Å². The maximum atomic E-state index is 2.18. The van der Waals surface area contributed by atoms with E-state index < -0.39 is 0 Å². The Hall–Kier alpha value is -0.980. The number of rotatable bonds is 0. The predicted octanol–water partition coefficient (Wildman–Crippen LogP) is 4.18. The first-order chi connectivity index (χ1) is 5.97. The van der Waals surface area contributed by atoms with Crippen molar-refractivity contribution in [3.63, 3.8) is 0 Å². The second kappa shape index (κ2) is 4.04. The minimum absolute atomic E-state index is 0. The maximum absolute atomic E-state index is 2.18. The fraction of sp³-hybridized carbons (Fsp3) is 0. The number of hydrogen-bond acceptors (Lipinski definition) is 0. The molecule has 1 aliphatic carbocycles. The first-order valence-corrected chi connectivity index (χ1v) is 4.15. The van der Waals surface area contributed by atoms with Crippen LogP contribution in [0.5, 0.6) is 0 Å². The molecular formula is C12H10Cl2. The molecule has 0 saturated heterocycles. The fourth-order valence-corrected chi connectivity index (χ4v) is 1.84. The maximum Gasteiger partial charge on any atom is -0.00990 e. The third kappa shape index (κ3) is 1.31. The van der Waals surface area contributed by atoms with Crippen molar-refractivity contribution < 1.29 is 0 Å². The molecule has 0 radical (unpaired) electrons. The van der Waals surface area contributed by atoms with Gasteiger partial charge in [-0.25, -0.2) is 0 Å². The van der Waals surface area contributed by atoms with Gasteiger partial charge in [-0.15, -0.1) is 24.8 Å². The first kappa shape index (κ1) is 11.1. The Balaban J connectivity index is 0.000000490. The molecule has 14 heavy (non-hydrogen) atoms. The smallest absolute Gasteiger partial charge is 0.00990 e. The zero-order valence-corrected chi connectivity index (χ0v) is 9.07. The normalized spacial score (nSPS) is 9.71. The molecule has 0 saturated carbocycles. The van der Waals surface area contributed by atoms with Gasteiger partial charge < -0.3 is 0 Å². The van der Waals surface area contributed by atoms with Crippen LogP contribution in [0.1, 0.15) is 0 Å². The number of fused-ring (bicyclic) bond motifs is 4. The van der Waals surface area contributed by atoms with Crippen molar-refractivity contribution in [2.24, 2.45) is 0 Å². The molecule has 72 valence electrons. The van der Waals surface area contributed by atoms with Gasteiger partial charge in [-0.3, -0.25) is 0 Å². The minimum Gasteiger partial charge on any atom is -0.147 e. The molecule has 2 heteroatoms. The lowest BCUT2D eigenvalue weighted by Crippen LogP contribution is -1.96. The Labute approximate surface area is 95.8 Å². The largest absolute Gasteiger partial charge is 0.147 e. The van der Waals surface area contributed by atoms with Crippen LogP contribution in [0.25, 0.3) is 22.3 Å². The van der Waals surface area contributed by atoms with E-state index in [9.17, 15) is 0 Å². The van der Waals surface area contributed by atoms with Crippen molar-refractivity contribution in [3.05, 3.63) is 48.5 Å². The Morgan fingerprint density at radius 3 is 0.857 bits per heavy atom. The molecule has 2 aromatic carbocycles. The molecule has 0 heterocycles. The summed E-state index contributed by atoms with van der Waals surface area (Å²) in [5.41, 5.74) is 5.59. The quantitative estimate of drug-likeness (QED) is 0.538. The molecule has 0 spiro atoms. The van der Waals surface area contributed by atoms with E-state index in [4.69, 9.17) is 0 Å². The van der Waals surface area contributed by atoms with Crippen molar-refractivity contribution in [2.75, 3.05) is 0 Å². The topological polar surface area (TPSA) is 0 Å². The fourth-order valence-electron chi connectivity index (χ4n) is 1.84. The third-order valence-electron chi connectivity index (χ3n) is 2.43. The van der Waals surface area contributed by atoms with Crippen molar-refractivity contribution in [2.45, 2.75) is 0 Å². The molecule has 3 rings (SSSR count). The molecular weight excluding hydrogens is 215 g/mol. The van der Waals surface area contributed by atoms with Gasteiger partial charge in [0.25, 0.3) is 0 Å². The molecule has 0 atom stereocenters. The number of halogens is 2. The highest BCUT2D eigenvalue weighted by Crippen LogP contribution is 2.46. The van der Waals surface area contributed by atoms with Crippen LogP contribution in [-0.4, -0.2) is 0 Å². The lowest BCUT2D eigenvalue weighted by Gasteiger charge is -2.22. The summed E-state index contributed by atoms with van der Waals surface area (Å²) in [5.74, 6) is 0. The van der Waals surface area contributed by atoms with E-state index in [1.807, 2.05) is 0 Å². The summed E-state index contributed by atoms with van der Waals surface area (Å²) in [4.78, 5) is 0. The second-order valence-corrected chi connectivity index (χ2v) is 3.09. The average Bonchev–Trinajstić information content (AvgIpc) is 2.14. The zero-order chi connectivity index (χ0) is 7.97. The van der Waals surface area contributed by atoms with Crippen LogP contribution in [0, 0.1) is 0 Å². The van der Waals surface area contributed by atoms with Gasteiger partial charge in [-0.2, -0.15) is 0 Å². The lowest BCUT2D eigenvalue weighted by atomic mass is 9.81. The molecule has 0 amide bonds. The van der Waals surface area contributed by atoms with Gasteiger partial charge in [0.2, 0.25) is 0 Å². The van der Waals surface area contributed by atoms with E-state index in [1.165, 1.54) is 22.3 Å². The van der Waals surface area contributed by atoms with Gasteiger partial charge in [0, 0.05) is 0 Å². The highest BCUT2D eigenvalue weighted by Gasteiger charge is 2.19. The molecule has 0 unspecified atom stereocenters. The van der Waals surface area contributed by atoms with Crippen molar-refractivity contribution >= 4 is 24.8 Å². The molecule has 0 aliphatic heterocycles. The van der Waals surface area contributed by atoms with E-state index in [-0.39, 0.29) is 24.8 Å². The van der Waals surface area contributed by atoms with E-state index in [2.05, 4.69) is 48.5 Å². The summed E-state index contributed by atoms with van der Waals surface area (Å²) < 4.78 is 0. The summed E-state index contributed by atoms with van der Waals surface area (Å²) in [5, 5.41) is 0. The van der Waals surface area contributed by atoms with Gasteiger partial charge in [-0.05, 0) is 22.3 Å². The van der Waals surface area contributed by atoms with Gasteiger partial charge in [0.15, 0.2) is 0 Å². The molecule has 0 N–H and O–H groups in total. The van der Waals surface area contributed by atoms with Crippen molar-refractivity contribution in [1.82, 2.24) is 0 Å². The van der Waals surface area contributed by atoms with Crippen LogP contribution < -0.4 is 0 Å². The highest BCUT2D eigenvalue weighted by atomic mass is 35.5. The van der Waals surface area contributed by atoms with Gasteiger partial charge in [0.1, 0.15) is 0 Å². The van der Waals surface area contributed by atoms with Gasteiger partial charge in [-0.1, -0.05) is 48.5 Å². The lowest BCUT2D eigenvalue weighted by molar-refractivity contribution is 1.52. The van der Waals surface area contributed by atoms with Gasteiger partial charge in [0.05, 0.1) is 0 Å². The Morgan fingerprint density at radius 2 is 0.643 bits per heavy atom. The predicted molar refractivity (Wildman–Crippen MR) is 65.4 cm³/mol. The second-order valence-electron chi connectivity index (χ2n) is 3.09. The van der Waals surface area contributed by atoms with Crippen molar-refractivity contribution in [3.8, 4) is 22.3 Å². The standard InChI is InChI=1S/C12H8.2ClH/c1-2-6-10-9(5-1)11-7-3-4-8-12(10)11;;/h1-8H;2*1H. The zero-order valence-electron chi connectivity index (χ0n) is 7.44. The van der Waals surface area contributed by atoms with Crippen LogP contribution in [0.3, 0.4) is 0 Å². The summed E-state index contributed by atoms with van der Waals surface area (Å²) in [6.45, 7) is 0. The third-order valence-corrected chi connectivity index (χ3v) is 2.43. The Morgan fingerprint density at radius 1 is 0.429 bits per heavy atom. The summed E-state index contributed by atoms with van der Waals surface area (Å²) in [7, 11) is 0. The van der Waals surface area contributed by atoms with E-state index >= 15 is 0 Å². The Kier molecular flexibility index (Phi) is 3.20. The number of benzene rings is 2. The highest BCUT2D eigenvalue weighted by molar-refractivity contribution is 6.02. The molecule has 0 bridgehead atoms. The van der Waals surface area contributed by atoms with Crippen LogP contribution in [0.15, 0.2) is 48.5 Å². The average molecular weight is 225 g/mol. The summed E-state index contributed by atoms with van der Waals surface area (Å²) >= 11 is 0. The molecule has 1 aliphatic rings. The number of hydrogen-bond donors (Lipinski definition) is 0. The molecule has 0 aromatic heterocycles. The first-order valence-electron chi connectivity index (χ1n) is 4.15. The Bertz CT molecular complexity index is 350. The van der Waals surface area contributed by atoms with E-state index in [0.29, 0.717) is 0 Å². The SMILES string of the molecule is Cl.Cl.c1ccc2c(c1)-c1ccccc1-2. The van der Waals surface area contributed by atoms with Crippen LogP contribution in [-0.2, 0) is 0 Å². The molecule has 0 fully saturated rings. The minimum atomic E-state index is 0. The molecule has 0 nitrogen and oxygen atoms in total. The van der Waals surface area contributed by atoms with E-state index in [1.54, 1.807) is 0 Å². The van der Waals surface area contributed by atoms with Crippen LogP contribution >= 0.6 is 24.8 Å². The van der Waals surface area contributed by atoms with Gasteiger partial charge >= 0.3 is 0 Å². The van der Waals surface area contributed by atoms with Crippen LogP contribution in [0.2, 0.25) is 0 Å². The molecule has 2 aromatic rings. The summed E-state index contributed by atoms with van der Waals surface area (Å²) in [6, 6.07) is 17.1. The monoisotopic (exact) mass is 224 g/mol.